The minimum Gasteiger partial charge on any atom is -0.298 e. The summed E-state index contributed by atoms with van der Waals surface area (Å²) >= 11 is 1.82. The van der Waals surface area contributed by atoms with Crippen molar-refractivity contribution in [1.82, 2.24) is 0 Å². The van der Waals surface area contributed by atoms with Crippen LogP contribution in [0.15, 0.2) is 30.3 Å². The summed E-state index contributed by atoms with van der Waals surface area (Å²) in [5.41, 5.74) is 1.36. The highest BCUT2D eigenvalue weighted by molar-refractivity contribution is 8.00. The normalized spacial score (nSPS) is 23.8. The summed E-state index contributed by atoms with van der Waals surface area (Å²) in [5.74, 6) is 0.901. The highest BCUT2D eigenvalue weighted by Gasteiger charge is 2.49. The molecule has 1 nitrogen and oxygen atoms in total. The van der Waals surface area contributed by atoms with Crippen molar-refractivity contribution in [2.45, 2.75) is 88.2 Å². The molecule has 0 saturated heterocycles. The molecule has 0 heterocycles. The summed E-state index contributed by atoms with van der Waals surface area (Å²) in [6.45, 7) is 2.27. The first-order chi connectivity index (χ1) is 11.7. The maximum atomic E-state index is 12.7. The van der Waals surface area contributed by atoms with Crippen LogP contribution >= 0.6 is 11.8 Å². The molecule has 1 saturated carbocycles. The lowest BCUT2D eigenvalue weighted by atomic mass is 9.84. The molecule has 0 bridgehead atoms. The molecule has 0 N–H and O–H groups in total. The third kappa shape index (κ3) is 4.88. The molecule has 1 aromatic carbocycles. The second-order valence-corrected chi connectivity index (χ2v) is 8.38. The molecule has 0 aliphatic heterocycles. The predicted octanol–water partition coefficient (Wildman–Crippen LogP) is 6.77. The van der Waals surface area contributed by atoms with Gasteiger partial charge in [0.25, 0.3) is 0 Å². The fourth-order valence-corrected chi connectivity index (χ4v) is 5.45. The van der Waals surface area contributed by atoms with Gasteiger partial charge in [-0.05, 0) is 24.7 Å². The number of carbonyl (C=O) groups is 1. The first kappa shape index (κ1) is 19.6. The minimum atomic E-state index is -0.163. The zero-order valence-corrected chi connectivity index (χ0v) is 16.4. The standard InChI is InChI=1S/C22H34OS/c1-3-4-5-6-7-8-9-13-18-22(24-2)20(16-17-21(22)23)19-14-11-10-12-15-19/h10-12,14-15,20H,3-9,13,16-18H2,1-2H3. The number of Topliss-reactive ketones (excluding diaryl/α,β-unsaturated/α-hetero) is 1. The zero-order valence-electron chi connectivity index (χ0n) is 15.6. The van der Waals surface area contributed by atoms with Crippen molar-refractivity contribution in [3.8, 4) is 0 Å². The molecule has 2 rings (SSSR count). The van der Waals surface area contributed by atoms with Gasteiger partial charge in [-0.3, -0.25) is 4.79 Å². The lowest BCUT2D eigenvalue weighted by molar-refractivity contribution is -0.119. The summed E-state index contributed by atoms with van der Waals surface area (Å²) in [5, 5.41) is 0. The Kier molecular flexibility index (Phi) is 8.38. The van der Waals surface area contributed by atoms with Crippen molar-refractivity contribution in [2.75, 3.05) is 6.26 Å². The Morgan fingerprint density at radius 1 is 1.00 bits per heavy atom. The van der Waals surface area contributed by atoms with E-state index >= 15 is 0 Å². The third-order valence-electron chi connectivity index (χ3n) is 5.66. The molecule has 0 radical (unpaired) electrons. The quantitative estimate of drug-likeness (QED) is 0.411. The Morgan fingerprint density at radius 2 is 1.62 bits per heavy atom. The van der Waals surface area contributed by atoms with E-state index in [9.17, 15) is 4.79 Å². The molecule has 1 aromatic rings. The van der Waals surface area contributed by atoms with Crippen LogP contribution in [-0.2, 0) is 4.79 Å². The van der Waals surface area contributed by atoms with Crippen molar-refractivity contribution in [3.63, 3.8) is 0 Å². The van der Waals surface area contributed by atoms with Crippen LogP contribution in [0.3, 0.4) is 0 Å². The van der Waals surface area contributed by atoms with Gasteiger partial charge in [0.05, 0.1) is 4.75 Å². The fourth-order valence-electron chi connectivity index (χ4n) is 4.23. The van der Waals surface area contributed by atoms with Gasteiger partial charge in [-0.15, -0.1) is 11.8 Å². The number of unbranched alkanes of at least 4 members (excludes halogenated alkanes) is 7. The van der Waals surface area contributed by atoms with Gasteiger partial charge in [-0.25, -0.2) is 0 Å². The van der Waals surface area contributed by atoms with Crippen molar-refractivity contribution >= 4 is 17.5 Å². The first-order valence-corrected chi connectivity index (χ1v) is 11.1. The molecular weight excluding hydrogens is 312 g/mol. The van der Waals surface area contributed by atoms with Crippen LogP contribution in [0, 0.1) is 0 Å². The Balaban J connectivity index is 1.85. The largest absolute Gasteiger partial charge is 0.298 e. The van der Waals surface area contributed by atoms with E-state index in [0.717, 1.165) is 19.3 Å². The molecule has 134 valence electrons. The topological polar surface area (TPSA) is 17.1 Å². The van der Waals surface area contributed by atoms with E-state index in [1.165, 1.54) is 56.9 Å². The molecule has 1 aliphatic rings. The summed E-state index contributed by atoms with van der Waals surface area (Å²) in [6.07, 6.45) is 15.6. The third-order valence-corrected chi connectivity index (χ3v) is 7.11. The van der Waals surface area contributed by atoms with E-state index in [2.05, 4.69) is 43.5 Å². The van der Waals surface area contributed by atoms with E-state index in [1.807, 2.05) is 11.8 Å². The molecule has 24 heavy (non-hydrogen) atoms. The van der Waals surface area contributed by atoms with Gasteiger partial charge in [-0.1, -0.05) is 88.6 Å². The maximum absolute atomic E-state index is 12.7. The summed E-state index contributed by atoms with van der Waals surface area (Å²) < 4.78 is -0.163. The highest BCUT2D eigenvalue weighted by Crippen LogP contribution is 2.51. The van der Waals surface area contributed by atoms with Gasteiger partial charge < -0.3 is 0 Å². The number of rotatable bonds is 11. The molecule has 1 fully saturated rings. The smallest absolute Gasteiger partial charge is 0.149 e. The van der Waals surface area contributed by atoms with E-state index in [4.69, 9.17) is 0 Å². The number of carbonyl (C=O) groups excluding carboxylic acids is 1. The molecule has 1 aliphatic carbocycles. The van der Waals surface area contributed by atoms with Gasteiger partial charge in [0.2, 0.25) is 0 Å². The van der Waals surface area contributed by atoms with Crippen LogP contribution in [0.25, 0.3) is 0 Å². The van der Waals surface area contributed by atoms with Gasteiger partial charge in [-0.2, -0.15) is 0 Å². The van der Waals surface area contributed by atoms with E-state index < -0.39 is 0 Å². The Morgan fingerprint density at radius 3 is 2.25 bits per heavy atom. The molecule has 2 heteroatoms. The van der Waals surface area contributed by atoms with E-state index in [1.54, 1.807) is 0 Å². The summed E-state index contributed by atoms with van der Waals surface area (Å²) in [4.78, 5) is 12.7. The van der Waals surface area contributed by atoms with E-state index in [0.29, 0.717) is 11.7 Å². The molecular formula is C22H34OS. The second-order valence-electron chi connectivity index (χ2n) is 7.24. The maximum Gasteiger partial charge on any atom is 0.149 e. The average Bonchev–Trinajstić information content (AvgIpc) is 2.95. The van der Waals surface area contributed by atoms with Crippen molar-refractivity contribution in [2.24, 2.45) is 0 Å². The van der Waals surface area contributed by atoms with Gasteiger partial charge >= 0.3 is 0 Å². The molecule has 2 atom stereocenters. The summed E-state index contributed by atoms with van der Waals surface area (Å²) in [7, 11) is 0. The average molecular weight is 347 g/mol. The number of thioether (sulfide) groups is 1. The SMILES string of the molecule is CCCCCCCCCCC1(SC)C(=O)CCC1c1ccccc1. The van der Waals surface area contributed by atoms with Gasteiger partial charge in [0, 0.05) is 12.3 Å². The summed E-state index contributed by atoms with van der Waals surface area (Å²) in [6, 6.07) is 10.7. The Hall–Kier alpha value is -0.760. The van der Waals surface area contributed by atoms with E-state index in [-0.39, 0.29) is 4.75 Å². The number of ketones is 1. The Labute approximate surface area is 153 Å². The van der Waals surface area contributed by atoms with Crippen LogP contribution in [0.4, 0.5) is 0 Å². The number of hydrogen-bond donors (Lipinski definition) is 0. The predicted molar refractivity (Wildman–Crippen MR) is 107 cm³/mol. The number of benzene rings is 1. The highest BCUT2D eigenvalue weighted by atomic mass is 32.2. The van der Waals surface area contributed by atoms with Crippen LogP contribution in [0.5, 0.6) is 0 Å². The molecule has 0 spiro atoms. The van der Waals surface area contributed by atoms with Crippen LogP contribution < -0.4 is 0 Å². The molecule has 0 amide bonds. The molecule has 0 aromatic heterocycles. The first-order valence-electron chi connectivity index (χ1n) is 9.88. The zero-order chi connectivity index (χ0) is 17.3. The second kappa shape index (κ2) is 10.3. The van der Waals surface area contributed by atoms with Crippen molar-refractivity contribution < 1.29 is 4.79 Å². The Bertz CT molecular complexity index is 484. The molecule has 2 unspecified atom stereocenters. The van der Waals surface area contributed by atoms with Crippen LogP contribution in [0.1, 0.15) is 89.0 Å². The number of hydrogen-bond acceptors (Lipinski definition) is 2. The lowest BCUT2D eigenvalue weighted by Gasteiger charge is -2.33. The monoisotopic (exact) mass is 346 g/mol. The lowest BCUT2D eigenvalue weighted by Crippen LogP contribution is -2.35. The van der Waals surface area contributed by atoms with Crippen LogP contribution in [-0.4, -0.2) is 16.8 Å². The minimum absolute atomic E-state index is 0.163. The fraction of sp³-hybridized carbons (Fsp3) is 0.682. The van der Waals surface area contributed by atoms with Gasteiger partial charge in [0.15, 0.2) is 0 Å². The van der Waals surface area contributed by atoms with Crippen molar-refractivity contribution in [1.29, 1.82) is 0 Å². The van der Waals surface area contributed by atoms with Crippen LogP contribution in [0.2, 0.25) is 0 Å². The van der Waals surface area contributed by atoms with Gasteiger partial charge in [0.1, 0.15) is 5.78 Å². The van der Waals surface area contributed by atoms with Crippen molar-refractivity contribution in [3.05, 3.63) is 35.9 Å².